The average Bonchev–Trinajstić information content (AvgIpc) is 2.81. The lowest BCUT2D eigenvalue weighted by molar-refractivity contribution is -0.347. The summed E-state index contributed by atoms with van der Waals surface area (Å²) < 4.78 is 16.5. The van der Waals surface area contributed by atoms with Crippen LogP contribution in [0.5, 0.6) is 0 Å². The third kappa shape index (κ3) is 3.08. The lowest BCUT2D eigenvalue weighted by atomic mass is 9.81. The van der Waals surface area contributed by atoms with Crippen LogP contribution in [0, 0.1) is 11.8 Å². The van der Waals surface area contributed by atoms with E-state index in [1.165, 1.54) is 13.2 Å². The van der Waals surface area contributed by atoms with E-state index >= 15 is 0 Å². The second-order valence-corrected chi connectivity index (χ2v) is 7.31. The lowest BCUT2D eigenvalue weighted by Gasteiger charge is -2.44. The molecule has 9 heteroatoms. The average molecular weight is 362 g/mol. The fourth-order valence-corrected chi connectivity index (χ4v) is 3.96. The molecule has 10 atom stereocenters. The molecule has 3 rings (SSSR count). The third-order valence-corrected chi connectivity index (χ3v) is 5.64. The van der Waals surface area contributed by atoms with Crippen LogP contribution in [0.15, 0.2) is 11.8 Å². The molecule has 25 heavy (non-hydrogen) atoms. The summed E-state index contributed by atoms with van der Waals surface area (Å²) in [4.78, 5) is 0. The molecule has 1 saturated heterocycles. The fourth-order valence-electron chi connectivity index (χ4n) is 3.96. The highest BCUT2D eigenvalue weighted by Gasteiger charge is 2.58. The van der Waals surface area contributed by atoms with Gasteiger partial charge >= 0.3 is 0 Å². The van der Waals surface area contributed by atoms with Crippen molar-refractivity contribution in [1.29, 1.82) is 0 Å². The molecule has 0 amide bonds. The van der Waals surface area contributed by atoms with Crippen LogP contribution in [0.2, 0.25) is 0 Å². The van der Waals surface area contributed by atoms with Gasteiger partial charge in [0.25, 0.3) is 0 Å². The van der Waals surface area contributed by atoms with Crippen molar-refractivity contribution in [2.24, 2.45) is 11.8 Å². The highest BCUT2D eigenvalue weighted by molar-refractivity contribution is 5.16. The fraction of sp³-hybridized carbons (Fsp3) is 0.875. The minimum Gasteiger partial charge on any atom is -0.472 e. The maximum Gasteiger partial charge on any atom is 0.207 e. The molecule has 0 bridgehead atoms. The van der Waals surface area contributed by atoms with Crippen molar-refractivity contribution < 1.29 is 44.8 Å². The summed E-state index contributed by atoms with van der Waals surface area (Å²) in [6.45, 7) is 2.75. The smallest absolute Gasteiger partial charge is 0.207 e. The predicted octanol–water partition coefficient (Wildman–Crippen LogP) is -2.19. The first-order chi connectivity index (χ1) is 11.7. The predicted molar refractivity (Wildman–Crippen MR) is 81.7 cm³/mol. The van der Waals surface area contributed by atoms with Crippen LogP contribution in [0.25, 0.3) is 0 Å². The van der Waals surface area contributed by atoms with Crippen LogP contribution in [-0.2, 0) is 14.2 Å². The summed E-state index contributed by atoms with van der Waals surface area (Å²) >= 11 is 0. The Balaban J connectivity index is 1.80. The molecule has 6 N–H and O–H groups in total. The van der Waals surface area contributed by atoms with Gasteiger partial charge in [-0.3, -0.25) is 0 Å². The van der Waals surface area contributed by atoms with Crippen molar-refractivity contribution in [1.82, 2.24) is 0 Å². The number of aliphatic hydroxyl groups excluding tert-OH is 5. The van der Waals surface area contributed by atoms with E-state index in [2.05, 4.69) is 0 Å². The molecule has 0 aromatic rings. The van der Waals surface area contributed by atoms with E-state index in [-0.39, 0.29) is 5.92 Å². The largest absolute Gasteiger partial charge is 0.472 e. The number of rotatable bonds is 3. The van der Waals surface area contributed by atoms with E-state index < -0.39 is 61.2 Å². The molecule has 2 fully saturated rings. The number of ether oxygens (including phenoxy) is 3. The quantitative estimate of drug-likeness (QED) is 0.329. The highest BCUT2D eigenvalue weighted by atomic mass is 16.8. The Morgan fingerprint density at radius 1 is 1.16 bits per heavy atom. The highest BCUT2D eigenvalue weighted by Crippen LogP contribution is 2.49. The molecule has 0 aromatic carbocycles. The second-order valence-electron chi connectivity index (χ2n) is 7.31. The van der Waals surface area contributed by atoms with Crippen LogP contribution in [-0.4, -0.2) is 85.9 Å². The Labute approximate surface area is 145 Å². The first kappa shape index (κ1) is 19.0. The summed E-state index contributed by atoms with van der Waals surface area (Å²) in [5, 5.41) is 59.9. The van der Waals surface area contributed by atoms with E-state index in [0.29, 0.717) is 6.42 Å². The van der Waals surface area contributed by atoms with E-state index in [9.17, 15) is 30.6 Å². The van der Waals surface area contributed by atoms with E-state index in [0.717, 1.165) is 5.57 Å². The van der Waals surface area contributed by atoms with Crippen LogP contribution in [0.4, 0.5) is 0 Å². The molecule has 1 aliphatic carbocycles. The summed E-state index contributed by atoms with van der Waals surface area (Å²) in [7, 11) is 0. The Hall–Kier alpha value is -0.780. The van der Waals surface area contributed by atoms with Crippen molar-refractivity contribution >= 4 is 0 Å². The molecule has 0 spiro atoms. The van der Waals surface area contributed by atoms with Crippen molar-refractivity contribution in [3.63, 3.8) is 0 Å². The van der Waals surface area contributed by atoms with Crippen LogP contribution in [0.1, 0.15) is 20.3 Å². The Morgan fingerprint density at radius 2 is 1.84 bits per heavy atom. The Morgan fingerprint density at radius 3 is 2.48 bits per heavy atom. The van der Waals surface area contributed by atoms with Gasteiger partial charge in [-0.2, -0.15) is 0 Å². The molecule has 0 aromatic heterocycles. The molecule has 3 aliphatic rings. The second kappa shape index (κ2) is 6.75. The summed E-state index contributed by atoms with van der Waals surface area (Å²) in [5.41, 5.74) is -0.616. The van der Waals surface area contributed by atoms with Gasteiger partial charge in [-0.05, 0) is 31.8 Å². The number of hydrogen-bond donors (Lipinski definition) is 6. The van der Waals surface area contributed by atoms with Crippen molar-refractivity contribution in [2.45, 2.75) is 69.0 Å². The van der Waals surface area contributed by atoms with Crippen LogP contribution >= 0.6 is 0 Å². The lowest BCUT2D eigenvalue weighted by Crippen LogP contribution is -2.61. The number of hydrogen-bond acceptors (Lipinski definition) is 9. The third-order valence-electron chi connectivity index (χ3n) is 5.64. The first-order valence-electron chi connectivity index (χ1n) is 8.37. The molecule has 0 unspecified atom stereocenters. The summed E-state index contributed by atoms with van der Waals surface area (Å²) in [5.74, 6) is -0.784. The van der Waals surface area contributed by atoms with Gasteiger partial charge in [0, 0.05) is 0 Å². The topological polar surface area (TPSA) is 149 Å². The normalized spacial score (nSPS) is 53.1. The minimum atomic E-state index is -1.57. The first-order valence-corrected chi connectivity index (χ1v) is 8.37. The zero-order chi connectivity index (χ0) is 18.5. The maximum absolute atomic E-state index is 10.7. The van der Waals surface area contributed by atoms with E-state index in [4.69, 9.17) is 14.2 Å². The molecule has 0 radical (unpaired) electrons. The zero-order valence-corrected chi connectivity index (χ0v) is 14.1. The summed E-state index contributed by atoms with van der Waals surface area (Å²) in [6.07, 6.45) is -7.28. The van der Waals surface area contributed by atoms with Gasteiger partial charge in [-0.25, -0.2) is 0 Å². The molecule has 2 heterocycles. The number of allylic oxidation sites excluding steroid dienone is 1. The van der Waals surface area contributed by atoms with Gasteiger partial charge in [0.2, 0.25) is 6.29 Å². The molecular weight excluding hydrogens is 336 g/mol. The van der Waals surface area contributed by atoms with Crippen molar-refractivity contribution in [3.8, 4) is 0 Å². The molecule has 144 valence electrons. The van der Waals surface area contributed by atoms with E-state index in [1.807, 2.05) is 6.92 Å². The van der Waals surface area contributed by atoms with Crippen LogP contribution in [0.3, 0.4) is 0 Å². The van der Waals surface area contributed by atoms with Gasteiger partial charge in [0.05, 0.1) is 30.5 Å². The maximum atomic E-state index is 10.7. The minimum absolute atomic E-state index is 0.173. The van der Waals surface area contributed by atoms with E-state index in [1.54, 1.807) is 0 Å². The molecular formula is C16H26O9. The molecule has 9 nitrogen and oxygen atoms in total. The Kier molecular flexibility index (Phi) is 5.13. The van der Waals surface area contributed by atoms with Gasteiger partial charge in [-0.1, -0.05) is 0 Å². The molecule has 2 aliphatic heterocycles. The van der Waals surface area contributed by atoms with Crippen LogP contribution < -0.4 is 0 Å². The zero-order valence-electron chi connectivity index (χ0n) is 14.1. The number of aliphatic hydroxyl groups is 6. The molecule has 1 saturated carbocycles. The monoisotopic (exact) mass is 362 g/mol. The SMILES string of the molecule is CC1=CO[C@@H](O[C@@H]2O[C@H](CO)[C@@H](O)[C@H](O)[C@H]2O)[C@H]2[C@@H]1C[C@H](O)[C@]2(C)O. The van der Waals surface area contributed by atoms with Crippen molar-refractivity contribution in [2.75, 3.05) is 6.61 Å². The van der Waals surface area contributed by atoms with Gasteiger partial charge in [0.1, 0.15) is 24.4 Å². The van der Waals surface area contributed by atoms with Gasteiger partial charge < -0.3 is 44.8 Å². The van der Waals surface area contributed by atoms with Gasteiger partial charge in [0.15, 0.2) is 6.29 Å². The van der Waals surface area contributed by atoms with Crippen molar-refractivity contribution in [3.05, 3.63) is 11.8 Å². The van der Waals surface area contributed by atoms with Gasteiger partial charge in [-0.15, -0.1) is 0 Å². The Bertz CT molecular complexity index is 520. The number of fused-ring (bicyclic) bond motifs is 1. The standard InChI is InChI=1S/C16H26O9/c1-6-5-23-14(10-7(6)3-9(18)16(10,2)22)25-15-13(21)12(20)11(19)8(4-17)24-15/h5,7-15,17-22H,3-4H2,1-2H3/t7-,8-,9+,10-,11-,12+,13-,14+,15+,16+/m1/s1. The summed E-state index contributed by atoms with van der Waals surface area (Å²) in [6, 6.07) is 0.